The van der Waals surface area contributed by atoms with E-state index in [2.05, 4.69) is 17.9 Å². The van der Waals surface area contributed by atoms with E-state index < -0.39 is 5.60 Å². The van der Waals surface area contributed by atoms with Crippen molar-refractivity contribution in [3.8, 4) is 0 Å². The molecule has 142 valence electrons. The van der Waals surface area contributed by atoms with E-state index in [9.17, 15) is 9.90 Å². The molecule has 3 saturated heterocycles. The van der Waals surface area contributed by atoms with Crippen LogP contribution in [-0.4, -0.2) is 47.3 Å². The number of carbonyl (C=O) groups excluding carboxylic acids is 1. The van der Waals surface area contributed by atoms with Gasteiger partial charge in [-0.05, 0) is 62.7 Å². The van der Waals surface area contributed by atoms with Gasteiger partial charge < -0.3 is 9.84 Å². The zero-order valence-electron chi connectivity index (χ0n) is 15.9. The minimum atomic E-state index is -0.597. The Kier molecular flexibility index (Phi) is 3.06. The van der Waals surface area contributed by atoms with Gasteiger partial charge >= 0.3 is 5.97 Å². The van der Waals surface area contributed by atoms with Gasteiger partial charge in [0, 0.05) is 36.4 Å². The van der Waals surface area contributed by atoms with Crippen molar-refractivity contribution >= 4 is 5.97 Å². The van der Waals surface area contributed by atoms with Gasteiger partial charge in [0.2, 0.25) is 0 Å². The Morgan fingerprint density at radius 1 is 1.19 bits per heavy atom. The molecule has 0 spiro atoms. The average molecular weight is 357 g/mol. The summed E-state index contributed by atoms with van der Waals surface area (Å²) in [6.45, 7) is 4.95. The number of cyclic esters (lactones) is 1. The normalized spacial score (nSPS) is 55.3. The molecule has 6 aliphatic rings. The van der Waals surface area contributed by atoms with Crippen LogP contribution in [-0.2, 0) is 9.53 Å². The highest BCUT2D eigenvalue weighted by molar-refractivity contribution is 5.70. The largest absolute Gasteiger partial charge is 0.465 e. The number of ether oxygens (including phenoxy) is 1. The zero-order valence-corrected chi connectivity index (χ0v) is 15.9. The van der Waals surface area contributed by atoms with Crippen molar-refractivity contribution < 1.29 is 14.6 Å². The van der Waals surface area contributed by atoms with E-state index >= 15 is 0 Å². The van der Waals surface area contributed by atoms with Crippen molar-refractivity contribution in [1.82, 2.24) is 4.90 Å². The van der Waals surface area contributed by atoms with Gasteiger partial charge in [-0.25, -0.2) is 0 Å². The van der Waals surface area contributed by atoms with Gasteiger partial charge in [-0.2, -0.15) is 0 Å². The summed E-state index contributed by atoms with van der Waals surface area (Å²) in [6.07, 6.45) is 10.8. The van der Waals surface area contributed by atoms with Crippen LogP contribution in [0.15, 0.2) is 11.6 Å². The van der Waals surface area contributed by atoms with E-state index in [1.165, 1.54) is 25.7 Å². The summed E-state index contributed by atoms with van der Waals surface area (Å²) in [7, 11) is 0. The van der Waals surface area contributed by atoms with Crippen molar-refractivity contribution in [2.75, 3.05) is 19.7 Å². The molecule has 6 rings (SSSR count). The van der Waals surface area contributed by atoms with Crippen molar-refractivity contribution in [1.29, 1.82) is 0 Å². The lowest BCUT2D eigenvalue weighted by Crippen LogP contribution is -2.73. The molecule has 4 nitrogen and oxygen atoms in total. The highest BCUT2D eigenvalue weighted by atomic mass is 16.5. The highest BCUT2D eigenvalue weighted by Gasteiger charge is 2.76. The summed E-state index contributed by atoms with van der Waals surface area (Å²) in [6, 6.07) is 0.189. The van der Waals surface area contributed by atoms with Crippen LogP contribution < -0.4 is 0 Å². The van der Waals surface area contributed by atoms with Crippen LogP contribution >= 0.6 is 0 Å². The van der Waals surface area contributed by atoms with E-state index in [1.807, 2.05) is 0 Å². The monoisotopic (exact) mass is 357 g/mol. The summed E-state index contributed by atoms with van der Waals surface area (Å²) in [4.78, 5) is 15.0. The lowest BCUT2D eigenvalue weighted by molar-refractivity contribution is -0.215. The van der Waals surface area contributed by atoms with Crippen LogP contribution in [0, 0.1) is 28.6 Å². The number of aliphatic hydroxyl groups is 1. The van der Waals surface area contributed by atoms with Gasteiger partial charge in [0.15, 0.2) is 0 Å². The zero-order chi connectivity index (χ0) is 17.7. The fourth-order valence-corrected chi connectivity index (χ4v) is 8.70. The second-order valence-corrected chi connectivity index (χ2v) is 10.2. The number of carbonyl (C=O) groups is 1. The molecule has 3 heterocycles. The Morgan fingerprint density at radius 2 is 2.08 bits per heavy atom. The SMILES string of the molecule is CC1CN2CC3CCC4CCC=C4C45CCC(=O)OCC34CCC1(O)C25. The summed E-state index contributed by atoms with van der Waals surface area (Å²) < 4.78 is 5.87. The maximum atomic E-state index is 12.4. The second kappa shape index (κ2) is 4.94. The number of allylic oxidation sites excluding steroid dienone is 1. The van der Waals surface area contributed by atoms with E-state index in [-0.39, 0.29) is 22.8 Å². The summed E-state index contributed by atoms with van der Waals surface area (Å²) in [5, 5.41) is 11.9. The lowest BCUT2D eigenvalue weighted by atomic mass is 9.41. The number of hydrogen-bond acceptors (Lipinski definition) is 4. The first-order valence-corrected chi connectivity index (χ1v) is 10.8. The molecule has 3 aliphatic heterocycles. The standard InChI is InChI=1S/C22H31NO3/c1-14-11-23-12-16-6-5-15-3-2-4-17(15)21-8-7-18(24)26-13-20(16,21)9-10-22(14,25)19(21)23/h4,14-16,19,25H,2-3,5-13H2,1H3. The molecule has 26 heavy (non-hydrogen) atoms. The van der Waals surface area contributed by atoms with Gasteiger partial charge in [-0.1, -0.05) is 18.6 Å². The maximum absolute atomic E-state index is 12.4. The van der Waals surface area contributed by atoms with Gasteiger partial charge in [0.1, 0.15) is 0 Å². The number of nitrogens with zero attached hydrogens (tertiary/aromatic N) is 1. The molecule has 5 fully saturated rings. The first kappa shape index (κ1) is 16.1. The molecule has 7 unspecified atom stereocenters. The van der Waals surface area contributed by atoms with Gasteiger partial charge in [-0.3, -0.25) is 9.69 Å². The maximum Gasteiger partial charge on any atom is 0.305 e. The van der Waals surface area contributed by atoms with Gasteiger partial charge in [0.25, 0.3) is 0 Å². The first-order chi connectivity index (χ1) is 12.5. The number of piperidine rings is 1. The Hall–Kier alpha value is -0.870. The third kappa shape index (κ3) is 1.60. The average Bonchev–Trinajstić information content (AvgIpc) is 3.13. The first-order valence-electron chi connectivity index (χ1n) is 10.8. The van der Waals surface area contributed by atoms with Crippen LogP contribution in [0.4, 0.5) is 0 Å². The molecule has 0 aromatic rings. The van der Waals surface area contributed by atoms with E-state index in [4.69, 9.17) is 4.74 Å². The highest BCUT2D eigenvalue weighted by Crippen LogP contribution is 2.73. The minimum absolute atomic E-state index is 0.0179. The molecule has 4 bridgehead atoms. The number of esters is 1. The molecule has 3 aliphatic carbocycles. The summed E-state index contributed by atoms with van der Waals surface area (Å²) >= 11 is 0. The molecule has 1 N–H and O–H groups in total. The van der Waals surface area contributed by atoms with Gasteiger partial charge in [-0.15, -0.1) is 0 Å². The summed E-state index contributed by atoms with van der Waals surface area (Å²) in [5.41, 5.74) is 1.04. The molecule has 0 amide bonds. The van der Waals surface area contributed by atoms with Crippen molar-refractivity contribution in [2.24, 2.45) is 28.6 Å². The quantitative estimate of drug-likeness (QED) is 0.535. The third-order valence-corrected chi connectivity index (χ3v) is 9.68. The number of hydrogen-bond donors (Lipinski definition) is 1. The van der Waals surface area contributed by atoms with Crippen molar-refractivity contribution in [3.63, 3.8) is 0 Å². The Balaban J connectivity index is 1.65. The second-order valence-electron chi connectivity index (χ2n) is 10.2. The molecular formula is C22H31NO3. The van der Waals surface area contributed by atoms with Crippen LogP contribution in [0.1, 0.15) is 58.3 Å². The molecule has 0 aromatic heterocycles. The Labute approximate surface area is 156 Å². The minimum Gasteiger partial charge on any atom is -0.465 e. The fourth-order valence-electron chi connectivity index (χ4n) is 8.70. The molecular weight excluding hydrogens is 326 g/mol. The van der Waals surface area contributed by atoms with E-state index in [0.717, 1.165) is 32.4 Å². The van der Waals surface area contributed by atoms with Crippen molar-refractivity contribution in [3.05, 3.63) is 11.6 Å². The Morgan fingerprint density at radius 3 is 2.96 bits per heavy atom. The van der Waals surface area contributed by atoms with Crippen LogP contribution in [0.3, 0.4) is 0 Å². The van der Waals surface area contributed by atoms with Crippen LogP contribution in [0.25, 0.3) is 0 Å². The predicted octanol–water partition coefficient (Wildman–Crippen LogP) is 2.90. The fraction of sp³-hybridized carbons (Fsp3) is 0.864. The van der Waals surface area contributed by atoms with Crippen LogP contribution in [0.5, 0.6) is 0 Å². The van der Waals surface area contributed by atoms with Gasteiger partial charge in [0.05, 0.1) is 12.2 Å². The molecule has 0 aromatic carbocycles. The van der Waals surface area contributed by atoms with E-state index in [0.29, 0.717) is 30.8 Å². The third-order valence-electron chi connectivity index (χ3n) is 9.68. The number of fused-ring (bicyclic) bond motifs is 1. The van der Waals surface area contributed by atoms with Crippen molar-refractivity contribution in [2.45, 2.75) is 69.9 Å². The molecule has 0 radical (unpaired) electrons. The molecule has 2 saturated carbocycles. The molecule has 4 heteroatoms. The predicted molar refractivity (Wildman–Crippen MR) is 97.3 cm³/mol. The smallest absolute Gasteiger partial charge is 0.305 e. The summed E-state index contributed by atoms with van der Waals surface area (Å²) in [5.74, 6) is 1.58. The van der Waals surface area contributed by atoms with Crippen LogP contribution in [0.2, 0.25) is 0 Å². The lowest BCUT2D eigenvalue weighted by Gasteiger charge is -2.68. The Bertz CT molecular complexity index is 704. The number of rotatable bonds is 0. The topological polar surface area (TPSA) is 49.8 Å². The molecule has 7 atom stereocenters. The van der Waals surface area contributed by atoms with E-state index in [1.54, 1.807) is 5.57 Å².